The first kappa shape index (κ1) is 10.7. The first-order valence-corrected chi connectivity index (χ1v) is 7.83. The van der Waals surface area contributed by atoms with Crippen molar-refractivity contribution in [2.24, 2.45) is 0 Å². The van der Waals surface area contributed by atoms with Crippen molar-refractivity contribution in [2.75, 3.05) is 0 Å². The first-order valence-electron chi connectivity index (χ1n) is 6.95. The first-order chi connectivity index (χ1) is 8.92. The molecule has 2 heteroatoms. The maximum atomic E-state index is 4.91. The standard InChI is InChI=1S/C16H17NS/c1-2-6-13-11(4-1)5-3-7-14(13)16-17-15(10-18-16)12-8-9-12/h1-2,4,6,10,12,14H,3,5,7-9H2. The molecule has 2 aliphatic carbocycles. The zero-order valence-corrected chi connectivity index (χ0v) is 11.2. The van der Waals surface area contributed by atoms with E-state index in [0.717, 1.165) is 5.92 Å². The van der Waals surface area contributed by atoms with Gasteiger partial charge in [0.15, 0.2) is 0 Å². The second kappa shape index (κ2) is 4.20. The number of thiazole rings is 1. The molecule has 1 aromatic heterocycles. The molecule has 0 bridgehead atoms. The number of benzene rings is 1. The lowest BCUT2D eigenvalue weighted by atomic mass is 9.83. The summed E-state index contributed by atoms with van der Waals surface area (Å²) in [7, 11) is 0. The lowest BCUT2D eigenvalue weighted by molar-refractivity contribution is 0.612. The van der Waals surface area contributed by atoms with E-state index in [4.69, 9.17) is 4.98 Å². The van der Waals surface area contributed by atoms with Gasteiger partial charge in [0.25, 0.3) is 0 Å². The number of aryl methyl sites for hydroxylation is 1. The van der Waals surface area contributed by atoms with Crippen molar-refractivity contribution in [1.29, 1.82) is 0 Å². The van der Waals surface area contributed by atoms with Crippen molar-refractivity contribution in [3.63, 3.8) is 0 Å². The van der Waals surface area contributed by atoms with Crippen molar-refractivity contribution in [1.82, 2.24) is 4.98 Å². The Kier molecular flexibility index (Phi) is 2.51. The molecule has 1 heterocycles. The van der Waals surface area contributed by atoms with Crippen LogP contribution >= 0.6 is 11.3 Å². The number of hydrogen-bond donors (Lipinski definition) is 0. The Balaban J connectivity index is 1.71. The second-order valence-corrected chi connectivity index (χ2v) is 6.42. The Morgan fingerprint density at radius 3 is 2.89 bits per heavy atom. The van der Waals surface area contributed by atoms with E-state index < -0.39 is 0 Å². The molecule has 0 aliphatic heterocycles. The molecular formula is C16H17NS. The molecule has 2 aromatic rings. The Morgan fingerprint density at radius 2 is 2.00 bits per heavy atom. The molecule has 1 unspecified atom stereocenters. The smallest absolute Gasteiger partial charge is 0.100 e. The molecule has 1 nitrogen and oxygen atoms in total. The number of rotatable bonds is 2. The molecule has 1 aromatic carbocycles. The van der Waals surface area contributed by atoms with Crippen LogP contribution in [0.5, 0.6) is 0 Å². The van der Waals surface area contributed by atoms with Gasteiger partial charge < -0.3 is 0 Å². The summed E-state index contributed by atoms with van der Waals surface area (Å²) in [5.41, 5.74) is 4.43. The zero-order valence-electron chi connectivity index (χ0n) is 10.4. The van der Waals surface area contributed by atoms with Gasteiger partial charge in [0.1, 0.15) is 5.01 Å². The summed E-state index contributed by atoms with van der Waals surface area (Å²) in [4.78, 5) is 4.91. The van der Waals surface area contributed by atoms with Crippen LogP contribution in [0.3, 0.4) is 0 Å². The summed E-state index contributed by atoms with van der Waals surface area (Å²) >= 11 is 1.88. The van der Waals surface area contributed by atoms with Crippen molar-refractivity contribution in [3.05, 3.63) is 51.5 Å². The Bertz CT molecular complexity index is 568. The van der Waals surface area contributed by atoms with E-state index in [-0.39, 0.29) is 0 Å². The molecule has 18 heavy (non-hydrogen) atoms. The van der Waals surface area contributed by atoms with Crippen LogP contribution in [0.4, 0.5) is 0 Å². The maximum absolute atomic E-state index is 4.91. The summed E-state index contributed by atoms with van der Waals surface area (Å²) in [5.74, 6) is 1.35. The van der Waals surface area contributed by atoms with E-state index in [9.17, 15) is 0 Å². The fourth-order valence-corrected chi connectivity index (χ4v) is 4.09. The van der Waals surface area contributed by atoms with Crippen LogP contribution in [0, 0.1) is 0 Å². The molecule has 2 aliphatic rings. The predicted octanol–water partition coefficient (Wildman–Crippen LogP) is 4.49. The van der Waals surface area contributed by atoms with Crippen LogP contribution in [0.1, 0.15) is 59.3 Å². The van der Waals surface area contributed by atoms with Crippen LogP contribution in [0.25, 0.3) is 0 Å². The van der Waals surface area contributed by atoms with E-state index in [1.807, 2.05) is 11.3 Å². The molecule has 1 saturated carbocycles. The van der Waals surface area contributed by atoms with Gasteiger partial charge in [-0.15, -0.1) is 11.3 Å². The van der Waals surface area contributed by atoms with Crippen molar-refractivity contribution in [3.8, 4) is 0 Å². The van der Waals surface area contributed by atoms with Gasteiger partial charge in [0, 0.05) is 17.2 Å². The third-order valence-corrected chi connectivity index (χ3v) is 5.18. The molecule has 1 atom stereocenters. The average molecular weight is 255 g/mol. The number of hydrogen-bond acceptors (Lipinski definition) is 2. The van der Waals surface area contributed by atoms with Crippen molar-refractivity contribution < 1.29 is 0 Å². The van der Waals surface area contributed by atoms with E-state index in [0.29, 0.717) is 5.92 Å². The average Bonchev–Trinajstić information content (AvgIpc) is 3.16. The predicted molar refractivity (Wildman–Crippen MR) is 75.3 cm³/mol. The number of fused-ring (bicyclic) bond motifs is 1. The minimum Gasteiger partial charge on any atom is -0.245 e. The fraction of sp³-hybridized carbons (Fsp3) is 0.438. The number of aromatic nitrogens is 1. The van der Waals surface area contributed by atoms with Gasteiger partial charge >= 0.3 is 0 Å². The highest BCUT2D eigenvalue weighted by Crippen LogP contribution is 2.43. The number of nitrogens with zero attached hydrogens (tertiary/aromatic N) is 1. The quantitative estimate of drug-likeness (QED) is 0.770. The van der Waals surface area contributed by atoms with Crippen molar-refractivity contribution >= 4 is 11.3 Å². The van der Waals surface area contributed by atoms with Crippen LogP contribution in [-0.2, 0) is 6.42 Å². The minimum absolute atomic E-state index is 0.562. The highest BCUT2D eigenvalue weighted by molar-refractivity contribution is 7.09. The van der Waals surface area contributed by atoms with Gasteiger partial charge in [-0.2, -0.15) is 0 Å². The molecule has 0 N–H and O–H groups in total. The van der Waals surface area contributed by atoms with Crippen LogP contribution in [0.15, 0.2) is 29.6 Å². The lowest BCUT2D eigenvalue weighted by Gasteiger charge is -2.23. The van der Waals surface area contributed by atoms with E-state index >= 15 is 0 Å². The van der Waals surface area contributed by atoms with E-state index in [1.54, 1.807) is 0 Å². The normalized spacial score (nSPS) is 22.8. The minimum atomic E-state index is 0.562. The third-order valence-electron chi connectivity index (χ3n) is 4.20. The molecule has 4 rings (SSSR count). The van der Waals surface area contributed by atoms with Gasteiger partial charge in [-0.25, -0.2) is 4.98 Å². The zero-order chi connectivity index (χ0) is 11.9. The fourth-order valence-electron chi connectivity index (χ4n) is 3.04. The highest BCUT2D eigenvalue weighted by Gasteiger charge is 2.29. The molecule has 0 spiro atoms. The largest absolute Gasteiger partial charge is 0.245 e. The van der Waals surface area contributed by atoms with E-state index in [1.165, 1.54) is 53.9 Å². The monoisotopic (exact) mass is 255 g/mol. The van der Waals surface area contributed by atoms with Gasteiger partial charge in [0.2, 0.25) is 0 Å². The molecule has 0 radical (unpaired) electrons. The molecule has 0 amide bonds. The Hall–Kier alpha value is -1.15. The topological polar surface area (TPSA) is 12.9 Å². The summed E-state index contributed by atoms with van der Waals surface area (Å²) in [6, 6.07) is 8.93. The highest BCUT2D eigenvalue weighted by atomic mass is 32.1. The molecule has 1 fully saturated rings. The summed E-state index contributed by atoms with van der Waals surface area (Å²) in [6.07, 6.45) is 6.52. The van der Waals surface area contributed by atoms with Crippen molar-refractivity contribution in [2.45, 2.75) is 43.9 Å². The summed E-state index contributed by atoms with van der Waals surface area (Å²) in [6.45, 7) is 0. The molecule has 92 valence electrons. The lowest BCUT2D eigenvalue weighted by Crippen LogP contribution is -2.10. The van der Waals surface area contributed by atoms with E-state index in [2.05, 4.69) is 29.6 Å². The van der Waals surface area contributed by atoms with Crippen LogP contribution in [-0.4, -0.2) is 4.98 Å². The molecular weight excluding hydrogens is 238 g/mol. The summed E-state index contributed by atoms with van der Waals surface area (Å²) < 4.78 is 0. The van der Waals surface area contributed by atoms with Gasteiger partial charge in [-0.3, -0.25) is 0 Å². The molecule has 0 saturated heterocycles. The van der Waals surface area contributed by atoms with Gasteiger partial charge in [-0.05, 0) is 43.2 Å². The van der Waals surface area contributed by atoms with Crippen LogP contribution in [0.2, 0.25) is 0 Å². The van der Waals surface area contributed by atoms with Crippen LogP contribution < -0.4 is 0 Å². The Labute approximate surface area is 112 Å². The summed E-state index contributed by atoms with van der Waals surface area (Å²) in [5, 5.41) is 3.65. The Morgan fingerprint density at radius 1 is 1.11 bits per heavy atom. The van der Waals surface area contributed by atoms with Gasteiger partial charge in [-0.1, -0.05) is 24.3 Å². The van der Waals surface area contributed by atoms with Gasteiger partial charge in [0.05, 0.1) is 5.69 Å². The third kappa shape index (κ3) is 1.79. The maximum Gasteiger partial charge on any atom is 0.100 e. The SMILES string of the molecule is c1ccc2c(c1)CCCC2c1nc(C2CC2)cs1. The second-order valence-electron chi connectivity index (χ2n) is 5.53.